The molecule has 1 aliphatic rings. The molecule has 0 aliphatic carbocycles. The van der Waals surface area contributed by atoms with Crippen molar-refractivity contribution in [2.75, 3.05) is 23.7 Å². The average molecular weight is 370 g/mol. The average Bonchev–Trinajstić information content (AvgIpc) is 2.64. The molecular formula is C20H22N2O3S. The van der Waals surface area contributed by atoms with Crippen LogP contribution in [0.25, 0.3) is 0 Å². The number of amides is 1. The fraction of sp³-hybridized carbons (Fsp3) is 0.250. The van der Waals surface area contributed by atoms with Gasteiger partial charge in [0.25, 0.3) is 5.91 Å². The predicted molar refractivity (Wildman–Crippen MR) is 104 cm³/mol. The molecule has 5 nitrogen and oxygen atoms in total. The standard InChI is InChI=1S/C20H22N2O3S/c1-3-13-22(26(2,24)25)19-10-8-17(9-11-19)20(23)21-14-12-16-6-4-5-7-18(16)15-21/h3-11H,1,12-15H2,2H3. The number of carbonyl (C=O) groups is 1. The van der Waals surface area contributed by atoms with Crippen molar-refractivity contribution in [2.24, 2.45) is 0 Å². The minimum Gasteiger partial charge on any atom is -0.334 e. The van der Waals surface area contributed by atoms with E-state index in [0.29, 0.717) is 24.3 Å². The summed E-state index contributed by atoms with van der Waals surface area (Å²) in [6.45, 7) is 5.07. The Morgan fingerprint density at radius 3 is 2.42 bits per heavy atom. The van der Waals surface area contributed by atoms with E-state index in [1.165, 1.54) is 21.5 Å². The number of carbonyl (C=O) groups excluding carboxylic acids is 1. The Balaban J connectivity index is 1.78. The van der Waals surface area contributed by atoms with Gasteiger partial charge in [-0.3, -0.25) is 9.10 Å². The van der Waals surface area contributed by atoms with Gasteiger partial charge in [0.05, 0.1) is 18.5 Å². The fourth-order valence-corrected chi connectivity index (χ4v) is 4.05. The first kappa shape index (κ1) is 18.2. The molecule has 1 heterocycles. The van der Waals surface area contributed by atoms with Gasteiger partial charge in [0.2, 0.25) is 10.0 Å². The van der Waals surface area contributed by atoms with E-state index in [0.717, 1.165) is 12.7 Å². The second-order valence-corrected chi connectivity index (χ2v) is 8.28. The van der Waals surface area contributed by atoms with E-state index in [-0.39, 0.29) is 12.5 Å². The second kappa shape index (κ2) is 7.33. The van der Waals surface area contributed by atoms with Crippen LogP contribution in [0.5, 0.6) is 0 Å². The summed E-state index contributed by atoms with van der Waals surface area (Å²) in [7, 11) is -3.40. The number of rotatable bonds is 5. The van der Waals surface area contributed by atoms with Crippen molar-refractivity contribution in [3.8, 4) is 0 Å². The first-order valence-electron chi connectivity index (χ1n) is 8.45. The quantitative estimate of drug-likeness (QED) is 0.761. The lowest BCUT2D eigenvalue weighted by molar-refractivity contribution is 0.0734. The topological polar surface area (TPSA) is 57.7 Å². The Hall–Kier alpha value is -2.60. The molecule has 0 atom stereocenters. The third kappa shape index (κ3) is 3.80. The van der Waals surface area contributed by atoms with E-state index in [1.54, 1.807) is 24.3 Å². The lowest BCUT2D eigenvalue weighted by Gasteiger charge is -2.29. The highest BCUT2D eigenvalue weighted by molar-refractivity contribution is 7.92. The molecule has 0 saturated carbocycles. The molecule has 0 spiro atoms. The minimum atomic E-state index is -3.40. The van der Waals surface area contributed by atoms with Crippen LogP contribution in [0.15, 0.2) is 61.2 Å². The molecule has 0 fully saturated rings. The molecule has 2 aromatic rings. The molecule has 1 amide bonds. The van der Waals surface area contributed by atoms with Gasteiger partial charge in [-0.2, -0.15) is 0 Å². The van der Waals surface area contributed by atoms with E-state index < -0.39 is 10.0 Å². The van der Waals surface area contributed by atoms with Gasteiger partial charge in [0.1, 0.15) is 0 Å². The Labute approximate surface area is 154 Å². The zero-order valence-corrected chi connectivity index (χ0v) is 15.6. The molecule has 26 heavy (non-hydrogen) atoms. The lowest BCUT2D eigenvalue weighted by atomic mass is 9.99. The number of nitrogens with zero attached hydrogens (tertiary/aromatic N) is 2. The number of hydrogen-bond donors (Lipinski definition) is 0. The SMILES string of the molecule is C=CCN(c1ccc(C(=O)N2CCc3ccccc3C2)cc1)S(C)(=O)=O. The molecule has 136 valence electrons. The van der Waals surface area contributed by atoms with Gasteiger partial charge in [-0.25, -0.2) is 8.42 Å². The molecule has 6 heteroatoms. The Morgan fingerprint density at radius 1 is 1.15 bits per heavy atom. The van der Waals surface area contributed by atoms with E-state index >= 15 is 0 Å². The predicted octanol–water partition coefficient (Wildman–Crippen LogP) is 2.84. The highest BCUT2D eigenvalue weighted by Gasteiger charge is 2.22. The van der Waals surface area contributed by atoms with Crippen molar-refractivity contribution in [1.29, 1.82) is 0 Å². The van der Waals surface area contributed by atoms with Crippen LogP contribution >= 0.6 is 0 Å². The van der Waals surface area contributed by atoms with Gasteiger partial charge in [-0.1, -0.05) is 30.3 Å². The maximum absolute atomic E-state index is 12.8. The second-order valence-electron chi connectivity index (χ2n) is 6.38. The summed E-state index contributed by atoms with van der Waals surface area (Å²) >= 11 is 0. The number of anilines is 1. The zero-order valence-electron chi connectivity index (χ0n) is 14.8. The van der Waals surface area contributed by atoms with Crippen LogP contribution in [0.2, 0.25) is 0 Å². The summed E-state index contributed by atoms with van der Waals surface area (Å²) in [5.41, 5.74) is 3.55. The van der Waals surface area contributed by atoms with Crippen molar-refractivity contribution < 1.29 is 13.2 Å². The van der Waals surface area contributed by atoms with Gasteiger partial charge in [-0.05, 0) is 41.8 Å². The van der Waals surface area contributed by atoms with Crippen molar-refractivity contribution in [2.45, 2.75) is 13.0 Å². The molecule has 0 N–H and O–H groups in total. The molecule has 0 unspecified atom stereocenters. The summed E-state index contributed by atoms with van der Waals surface area (Å²) in [5, 5.41) is 0. The van der Waals surface area contributed by atoms with E-state index in [4.69, 9.17) is 0 Å². The number of sulfonamides is 1. The normalized spacial score (nSPS) is 13.8. The first-order valence-corrected chi connectivity index (χ1v) is 10.3. The van der Waals surface area contributed by atoms with Crippen molar-refractivity contribution in [3.63, 3.8) is 0 Å². The van der Waals surface area contributed by atoms with Crippen LogP contribution in [0.4, 0.5) is 5.69 Å². The fourth-order valence-electron chi connectivity index (χ4n) is 3.17. The Bertz CT molecular complexity index is 920. The third-order valence-electron chi connectivity index (χ3n) is 4.52. The number of hydrogen-bond acceptors (Lipinski definition) is 3. The summed E-state index contributed by atoms with van der Waals surface area (Å²) in [6, 6.07) is 14.8. The summed E-state index contributed by atoms with van der Waals surface area (Å²) in [4.78, 5) is 14.6. The van der Waals surface area contributed by atoms with Crippen LogP contribution in [0.3, 0.4) is 0 Å². The van der Waals surface area contributed by atoms with Crippen LogP contribution in [0.1, 0.15) is 21.5 Å². The summed E-state index contributed by atoms with van der Waals surface area (Å²) in [5.74, 6) is -0.0410. The molecule has 0 radical (unpaired) electrons. The molecule has 3 rings (SSSR count). The first-order chi connectivity index (χ1) is 12.4. The Kier molecular flexibility index (Phi) is 5.13. The largest absolute Gasteiger partial charge is 0.334 e. The molecule has 1 aliphatic heterocycles. The Morgan fingerprint density at radius 2 is 1.81 bits per heavy atom. The highest BCUT2D eigenvalue weighted by atomic mass is 32.2. The van der Waals surface area contributed by atoms with E-state index in [1.807, 2.05) is 17.0 Å². The van der Waals surface area contributed by atoms with Crippen LogP contribution < -0.4 is 4.31 Å². The van der Waals surface area contributed by atoms with Crippen LogP contribution in [-0.2, 0) is 23.0 Å². The molecular weight excluding hydrogens is 348 g/mol. The van der Waals surface area contributed by atoms with Crippen molar-refractivity contribution in [1.82, 2.24) is 4.90 Å². The maximum Gasteiger partial charge on any atom is 0.254 e. The van der Waals surface area contributed by atoms with Gasteiger partial charge in [0.15, 0.2) is 0 Å². The molecule has 0 saturated heterocycles. The number of benzene rings is 2. The summed E-state index contributed by atoms with van der Waals surface area (Å²) in [6.07, 6.45) is 3.53. The van der Waals surface area contributed by atoms with Crippen molar-refractivity contribution >= 4 is 21.6 Å². The molecule has 0 bridgehead atoms. The summed E-state index contributed by atoms with van der Waals surface area (Å²) < 4.78 is 25.1. The van der Waals surface area contributed by atoms with Gasteiger partial charge >= 0.3 is 0 Å². The van der Waals surface area contributed by atoms with Crippen molar-refractivity contribution in [3.05, 3.63) is 77.9 Å². The van der Waals surface area contributed by atoms with Gasteiger partial charge < -0.3 is 4.90 Å². The third-order valence-corrected chi connectivity index (χ3v) is 5.68. The number of fused-ring (bicyclic) bond motifs is 1. The van der Waals surface area contributed by atoms with Crippen LogP contribution in [0, 0.1) is 0 Å². The zero-order chi connectivity index (χ0) is 18.7. The smallest absolute Gasteiger partial charge is 0.254 e. The highest BCUT2D eigenvalue weighted by Crippen LogP contribution is 2.22. The minimum absolute atomic E-state index is 0.0410. The van der Waals surface area contributed by atoms with Gasteiger partial charge in [0, 0.05) is 18.7 Å². The molecule has 2 aromatic carbocycles. The van der Waals surface area contributed by atoms with E-state index in [9.17, 15) is 13.2 Å². The van der Waals surface area contributed by atoms with Crippen LogP contribution in [-0.4, -0.2) is 38.6 Å². The lowest BCUT2D eigenvalue weighted by Crippen LogP contribution is -2.36. The van der Waals surface area contributed by atoms with Gasteiger partial charge in [-0.15, -0.1) is 6.58 Å². The molecule has 0 aromatic heterocycles. The maximum atomic E-state index is 12.8. The van der Waals surface area contributed by atoms with E-state index in [2.05, 4.69) is 18.7 Å². The monoisotopic (exact) mass is 370 g/mol.